The first kappa shape index (κ1) is 43.2. The number of anilines is 4. The number of hydrogen-bond donors (Lipinski definition) is 8. The number of amides is 6. The van der Waals surface area contributed by atoms with Crippen LogP contribution in [0.3, 0.4) is 0 Å². The number of nitrogens with zero attached hydrogens (tertiary/aromatic N) is 7. The Labute approximate surface area is 330 Å². The molecule has 0 aliphatic rings. The minimum Gasteiger partial charge on any atom is -0.464 e. The number of aliphatic imine (C=N–C) groups is 1. The van der Waals surface area contributed by atoms with Crippen LogP contribution in [-0.4, -0.2) is 116 Å². The Hall–Kier alpha value is -7.50. The summed E-state index contributed by atoms with van der Waals surface area (Å²) in [6.45, 7) is 0.116. The Kier molecular flexibility index (Phi) is 14.8. The first-order valence-corrected chi connectivity index (χ1v) is 17.4. The van der Waals surface area contributed by atoms with Gasteiger partial charge in [-0.2, -0.15) is 0 Å². The Morgan fingerprint density at radius 1 is 0.655 bits per heavy atom. The highest BCUT2D eigenvalue weighted by Crippen LogP contribution is 2.17. The van der Waals surface area contributed by atoms with E-state index in [1.54, 1.807) is 28.2 Å². The number of guanidine groups is 1. The maximum absolute atomic E-state index is 13.0. The molecular formula is C34H45N15O9. The highest BCUT2D eigenvalue weighted by Gasteiger charge is 2.21. The lowest BCUT2D eigenvalue weighted by atomic mass is 10.3. The van der Waals surface area contributed by atoms with Crippen molar-refractivity contribution in [2.45, 2.75) is 12.8 Å². The summed E-state index contributed by atoms with van der Waals surface area (Å²) in [5.74, 6) is -3.55. The second-order valence-corrected chi connectivity index (χ2v) is 12.5. The third-order valence-electron chi connectivity index (χ3n) is 7.92. The topological polar surface area (TPSA) is 320 Å². The number of nitrogens with one attached hydrogen (secondary N) is 6. The highest BCUT2D eigenvalue weighted by atomic mass is 16.5. The Morgan fingerprint density at radius 2 is 1.16 bits per heavy atom. The average molecular weight is 808 g/mol. The molecule has 0 aliphatic heterocycles. The highest BCUT2D eigenvalue weighted by molar-refractivity contribution is 6.04. The van der Waals surface area contributed by atoms with Crippen LogP contribution in [0.4, 0.5) is 23.0 Å². The van der Waals surface area contributed by atoms with Gasteiger partial charge in [0.1, 0.15) is 18.0 Å². The number of rotatable bonds is 19. The van der Waals surface area contributed by atoms with E-state index in [2.05, 4.69) is 46.9 Å². The third-order valence-corrected chi connectivity index (χ3v) is 7.92. The molecule has 24 nitrogen and oxygen atoms in total. The SMILES string of the molecule is COC(=O)c1cc(NC(=O)c2nc(NC(=O)CCNC(=O)c3cc(NC(=O)c4nc(NC(=O)CCNC(=O)COCCN=C(N)N)cn4C)cn3C)cn2C)cn1C. The van der Waals surface area contributed by atoms with Crippen molar-refractivity contribution in [2.75, 3.05) is 61.2 Å². The number of aryl methyl sites for hydroxylation is 4. The molecule has 4 heterocycles. The molecule has 0 bridgehead atoms. The second kappa shape index (κ2) is 19.9. The molecule has 0 saturated carbocycles. The van der Waals surface area contributed by atoms with Gasteiger partial charge in [-0.15, -0.1) is 0 Å². The van der Waals surface area contributed by atoms with Gasteiger partial charge in [-0.1, -0.05) is 0 Å². The number of carbonyl (C=O) groups is 7. The lowest BCUT2D eigenvalue weighted by molar-refractivity contribution is -0.125. The van der Waals surface area contributed by atoms with Crippen LogP contribution in [0, 0.1) is 0 Å². The van der Waals surface area contributed by atoms with Gasteiger partial charge in [0, 0.05) is 78.9 Å². The van der Waals surface area contributed by atoms with Crippen molar-refractivity contribution < 1.29 is 43.0 Å². The smallest absolute Gasteiger partial charge is 0.354 e. The monoisotopic (exact) mass is 807 g/mol. The van der Waals surface area contributed by atoms with Crippen molar-refractivity contribution in [3.8, 4) is 0 Å². The van der Waals surface area contributed by atoms with Crippen molar-refractivity contribution in [3.05, 3.63) is 60.0 Å². The summed E-state index contributed by atoms with van der Waals surface area (Å²) < 4.78 is 15.7. The van der Waals surface area contributed by atoms with E-state index in [4.69, 9.17) is 20.9 Å². The Balaban J connectivity index is 1.20. The standard InChI is InChI=1S/C34H45N15O9/c1-46-14-19(40-31(54)28-44-23(16-48(28)3)42-25(50)6-8-37-27(52)18-58-11-10-39-34(35)36)12-21(46)30(53)38-9-7-26(51)43-24-17-49(4)29(45-24)32(55)41-20-13-22(33(56)57-5)47(2)15-20/h12-17H,6-11,18H2,1-5H3,(H,37,52)(H,38,53)(H,40,54)(H,41,55)(H,42,50)(H,43,51)(H4,35,36,39). The summed E-state index contributed by atoms with van der Waals surface area (Å²) in [6.07, 6.45) is 5.75. The lowest BCUT2D eigenvalue weighted by Gasteiger charge is -2.06. The molecule has 6 amide bonds. The molecular weight excluding hydrogens is 762 g/mol. The van der Waals surface area contributed by atoms with Gasteiger partial charge in [-0.25, -0.2) is 14.8 Å². The predicted octanol–water partition coefficient (Wildman–Crippen LogP) is -1.38. The fourth-order valence-electron chi connectivity index (χ4n) is 5.21. The zero-order valence-corrected chi connectivity index (χ0v) is 32.4. The average Bonchev–Trinajstić information content (AvgIpc) is 3.92. The largest absolute Gasteiger partial charge is 0.464 e. The minimum atomic E-state index is -0.618. The first-order chi connectivity index (χ1) is 27.5. The van der Waals surface area contributed by atoms with Crippen LogP contribution in [0.15, 0.2) is 41.9 Å². The molecule has 24 heteroatoms. The van der Waals surface area contributed by atoms with Gasteiger partial charge in [0.2, 0.25) is 29.4 Å². The van der Waals surface area contributed by atoms with Crippen LogP contribution in [-0.2, 0) is 52.0 Å². The number of ether oxygens (including phenoxy) is 2. The molecule has 4 aromatic rings. The van der Waals surface area contributed by atoms with Crippen LogP contribution in [0.2, 0.25) is 0 Å². The number of nitrogens with two attached hydrogens (primary N) is 2. The van der Waals surface area contributed by atoms with E-state index in [-0.39, 0.29) is 92.0 Å². The van der Waals surface area contributed by atoms with E-state index in [0.717, 1.165) is 0 Å². The lowest BCUT2D eigenvalue weighted by Crippen LogP contribution is -2.31. The zero-order valence-electron chi connectivity index (χ0n) is 32.4. The molecule has 0 atom stereocenters. The van der Waals surface area contributed by atoms with Gasteiger partial charge in [-0.3, -0.25) is 33.8 Å². The molecule has 0 aliphatic carbocycles. The fourth-order valence-corrected chi connectivity index (χ4v) is 5.21. The summed E-state index contributed by atoms with van der Waals surface area (Å²) in [6, 6.07) is 2.89. The van der Waals surface area contributed by atoms with Crippen LogP contribution < -0.4 is 43.4 Å². The van der Waals surface area contributed by atoms with Crippen LogP contribution in [0.1, 0.15) is 55.1 Å². The zero-order chi connectivity index (χ0) is 42.5. The van der Waals surface area contributed by atoms with Gasteiger partial charge in [0.15, 0.2) is 17.6 Å². The number of methoxy groups -OCH3 is 1. The van der Waals surface area contributed by atoms with Gasteiger partial charge in [0.05, 0.1) is 31.6 Å². The molecule has 0 fully saturated rings. The van der Waals surface area contributed by atoms with E-state index >= 15 is 0 Å². The Bertz CT molecular complexity index is 2210. The van der Waals surface area contributed by atoms with Gasteiger partial charge >= 0.3 is 5.97 Å². The molecule has 0 spiro atoms. The first-order valence-electron chi connectivity index (χ1n) is 17.4. The van der Waals surface area contributed by atoms with Crippen molar-refractivity contribution in [1.82, 2.24) is 38.9 Å². The molecule has 0 radical (unpaired) electrons. The number of carbonyl (C=O) groups excluding carboxylic acids is 7. The minimum absolute atomic E-state index is 0.00937. The van der Waals surface area contributed by atoms with Crippen molar-refractivity contribution in [1.29, 1.82) is 0 Å². The summed E-state index contributed by atoms with van der Waals surface area (Å²) in [5, 5.41) is 15.7. The van der Waals surface area contributed by atoms with Crippen molar-refractivity contribution >= 4 is 70.4 Å². The van der Waals surface area contributed by atoms with E-state index in [1.165, 1.54) is 62.3 Å². The van der Waals surface area contributed by atoms with Crippen molar-refractivity contribution in [3.63, 3.8) is 0 Å². The van der Waals surface area contributed by atoms with Crippen molar-refractivity contribution in [2.24, 2.45) is 44.7 Å². The van der Waals surface area contributed by atoms with Gasteiger partial charge in [-0.05, 0) is 12.1 Å². The summed E-state index contributed by atoms with van der Waals surface area (Å²) in [4.78, 5) is 99.6. The number of hydrogen-bond acceptors (Lipinski definition) is 12. The number of aromatic nitrogens is 6. The van der Waals surface area contributed by atoms with E-state index in [1.807, 2.05) is 0 Å². The normalized spacial score (nSPS) is 10.6. The summed E-state index contributed by atoms with van der Waals surface area (Å²) in [5.41, 5.74) is 11.5. The van der Waals surface area contributed by atoms with Crippen LogP contribution in [0.5, 0.6) is 0 Å². The molecule has 58 heavy (non-hydrogen) atoms. The molecule has 310 valence electrons. The molecule has 4 rings (SSSR count). The maximum Gasteiger partial charge on any atom is 0.354 e. The maximum atomic E-state index is 13.0. The molecule has 10 N–H and O–H groups in total. The predicted molar refractivity (Wildman–Crippen MR) is 208 cm³/mol. The van der Waals surface area contributed by atoms with Crippen LogP contribution >= 0.6 is 0 Å². The van der Waals surface area contributed by atoms with Crippen LogP contribution in [0.25, 0.3) is 0 Å². The third kappa shape index (κ3) is 12.3. The van der Waals surface area contributed by atoms with E-state index in [0.29, 0.717) is 5.69 Å². The van der Waals surface area contributed by atoms with Gasteiger partial charge < -0.3 is 71.1 Å². The Morgan fingerprint density at radius 3 is 1.67 bits per heavy atom. The van der Waals surface area contributed by atoms with E-state index in [9.17, 15) is 33.6 Å². The molecule has 0 saturated heterocycles. The molecule has 0 unspecified atom stereocenters. The molecule has 4 aromatic heterocycles. The second-order valence-electron chi connectivity index (χ2n) is 12.5. The molecule has 0 aromatic carbocycles. The summed E-state index contributed by atoms with van der Waals surface area (Å²) >= 11 is 0. The summed E-state index contributed by atoms with van der Waals surface area (Å²) in [7, 11) is 7.60. The van der Waals surface area contributed by atoms with E-state index < -0.39 is 41.4 Å². The quantitative estimate of drug-likeness (QED) is 0.0235. The van der Waals surface area contributed by atoms with Gasteiger partial charge in [0.25, 0.3) is 17.7 Å². The number of imidazole rings is 2. The fraction of sp³-hybridized carbons (Fsp3) is 0.353. The number of esters is 1.